The van der Waals surface area contributed by atoms with Crippen LogP contribution in [-0.4, -0.2) is 21.8 Å². The first-order valence-corrected chi connectivity index (χ1v) is 4.51. The van der Waals surface area contributed by atoms with Gasteiger partial charge in [0.2, 0.25) is 0 Å². The zero-order chi connectivity index (χ0) is 10.6. The van der Waals surface area contributed by atoms with Crippen molar-refractivity contribution in [2.75, 3.05) is 0 Å². The van der Waals surface area contributed by atoms with Gasteiger partial charge >= 0.3 is 5.97 Å². The van der Waals surface area contributed by atoms with Gasteiger partial charge in [-0.25, -0.2) is 4.68 Å². The lowest BCUT2D eigenvalue weighted by molar-refractivity contribution is -0.150. The Bertz CT molecular complexity index is 282. The summed E-state index contributed by atoms with van der Waals surface area (Å²) in [5.74, 6) is -0.310. The van der Waals surface area contributed by atoms with Gasteiger partial charge in [-0.05, 0) is 12.0 Å². The Hall–Kier alpha value is -1.36. The molecule has 0 fully saturated rings. The molecule has 14 heavy (non-hydrogen) atoms. The molecule has 0 spiro atoms. The quantitative estimate of drug-likeness (QED) is 0.708. The van der Waals surface area contributed by atoms with Crippen molar-refractivity contribution in [2.24, 2.45) is 11.7 Å². The van der Waals surface area contributed by atoms with Gasteiger partial charge in [0.15, 0.2) is 6.73 Å². The molecule has 0 saturated carbocycles. The number of rotatable bonds is 4. The highest BCUT2D eigenvalue weighted by molar-refractivity contribution is 5.75. The summed E-state index contributed by atoms with van der Waals surface area (Å²) in [7, 11) is 0. The van der Waals surface area contributed by atoms with Crippen LogP contribution in [0.25, 0.3) is 0 Å². The van der Waals surface area contributed by atoms with E-state index in [-0.39, 0.29) is 12.6 Å². The fraction of sp³-hybridized carbons (Fsp3) is 0.556. The Balaban J connectivity index is 2.35. The van der Waals surface area contributed by atoms with Crippen LogP contribution in [0.4, 0.5) is 0 Å². The van der Waals surface area contributed by atoms with Crippen LogP contribution >= 0.6 is 0 Å². The maximum atomic E-state index is 11.3. The number of nitrogens with two attached hydrogens (primary N) is 1. The number of aromatic nitrogens is 2. The van der Waals surface area contributed by atoms with E-state index in [0.29, 0.717) is 0 Å². The topological polar surface area (TPSA) is 70.1 Å². The molecule has 1 heterocycles. The van der Waals surface area contributed by atoms with Crippen LogP contribution in [-0.2, 0) is 16.3 Å². The van der Waals surface area contributed by atoms with E-state index in [2.05, 4.69) is 5.10 Å². The maximum absolute atomic E-state index is 11.3. The molecule has 5 nitrogen and oxygen atoms in total. The molecular formula is C9H15N3O2. The van der Waals surface area contributed by atoms with Crippen LogP contribution in [0.1, 0.15) is 13.8 Å². The lowest BCUT2D eigenvalue weighted by Crippen LogP contribution is -2.37. The van der Waals surface area contributed by atoms with Gasteiger partial charge < -0.3 is 10.5 Å². The third kappa shape index (κ3) is 2.85. The molecule has 0 aliphatic carbocycles. The van der Waals surface area contributed by atoms with Crippen LogP contribution in [0.2, 0.25) is 0 Å². The summed E-state index contributed by atoms with van der Waals surface area (Å²) in [6.07, 6.45) is 3.34. The van der Waals surface area contributed by atoms with Crippen molar-refractivity contribution in [3.63, 3.8) is 0 Å². The monoisotopic (exact) mass is 197 g/mol. The smallest absolute Gasteiger partial charge is 0.324 e. The highest BCUT2D eigenvalue weighted by Crippen LogP contribution is 2.00. The zero-order valence-corrected chi connectivity index (χ0v) is 8.38. The van der Waals surface area contributed by atoms with Gasteiger partial charge in [-0.2, -0.15) is 5.10 Å². The average molecular weight is 197 g/mol. The standard InChI is InChI=1S/C9H15N3O2/c1-7(2)8(10)9(13)14-6-12-5-3-4-11-12/h3-5,7-8H,6,10H2,1-2H3/t8-/m0/s1. The number of esters is 1. The van der Waals surface area contributed by atoms with Crippen molar-refractivity contribution in [3.05, 3.63) is 18.5 Å². The molecule has 0 amide bonds. The van der Waals surface area contributed by atoms with Gasteiger partial charge in [0.25, 0.3) is 0 Å². The Kier molecular flexibility index (Phi) is 3.64. The van der Waals surface area contributed by atoms with Crippen LogP contribution in [0.3, 0.4) is 0 Å². The van der Waals surface area contributed by atoms with E-state index < -0.39 is 12.0 Å². The van der Waals surface area contributed by atoms with Crippen molar-refractivity contribution < 1.29 is 9.53 Å². The summed E-state index contributed by atoms with van der Waals surface area (Å²) in [6.45, 7) is 3.87. The largest absolute Gasteiger partial charge is 0.441 e. The van der Waals surface area contributed by atoms with Gasteiger partial charge in [-0.3, -0.25) is 4.79 Å². The molecule has 1 aromatic heterocycles. The molecule has 0 aliphatic rings. The SMILES string of the molecule is CC(C)[C@H](N)C(=O)OCn1cccn1. The van der Waals surface area contributed by atoms with Crippen LogP contribution in [0, 0.1) is 5.92 Å². The number of nitrogens with zero attached hydrogens (tertiary/aromatic N) is 2. The van der Waals surface area contributed by atoms with Gasteiger partial charge in [-0.1, -0.05) is 13.8 Å². The first-order chi connectivity index (χ1) is 6.61. The Morgan fingerprint density at radius 3 is 2.86 bits per heavy atom. The predicted molar refractivity (Wildman–Crippen MR) is 51.1 cm³/mol. The normalized spacial score (nSPS) is 12.9. The third-order valence-electron chi connectivity index (χ3n) is 1.89. The Morgan fingerprint density at radius 2 is 2.36 bits per heavy atom. The first-order valence-electron chi connectivity index (χ1n) is 4.51. The molecule has 1 rings (SSSR count). The number of ether oxygens (including phenoxy) is 1. The number of hydrogen-bond donors (Lipinski definition) is 1. The second kappa shape index (κ2) is 4.76. The Labute approximate surface area is 82.8 Å². The molecule has 0 unspecified atom stereocenters. The van der Waals surface area contributed by atoms with E-state index in [4.69, 9.17) is 10.5 Å². The molecule has 1 aromatic rings. The molecule has 0 saturated heterocycles. The summed E-state index contributed by atoms with van der Waals surface area (Å²) in [5.41, 5.74) is 5.60. The molecule has 0 radical (unpaired) electrons. The van der Waals surface area contributed by atoms with Crippen molar-refractivity contribution in [1.29, 1.82) is 0 Å². The highest BCUT2D eigenvalue weighted by atomic mass is 16.5. The van der Waals surface area contributed by atoms with Gasteiger partial charge in [0, 0.05) is 12.4 Å². The predicted octanol–water partition coefficient (Wildman–Crippen LogP) is 0.367. The van der Waals surface area contributed by atoms with Crippen molar-refractivity contribution in [3.8, 4) is 0 Å². The van der Waals surface area contributed by atoms with Crippen molar-refractivity contribution in [2.45, 2.75) is 26.6 Å². The van der Waals surface area contributed by atoms with E-state index >= 15 is 0 Å². The molecule has 1 atom stereocenters. The van der Waals surface area contributed by atoms with Crippen LogP contribution < -0.4 is 5.73 Å². The summed E-state index contributed by atoms with van der Waals surface area (Å²) in [5, 5.41) is 3.89. The number of hydrogen-bond acceptors (Lipinski definition) is 4. The fourth-order valence-corrected chi connectivity index (χ4v) is 0.875. The fourth-order valence-electron chi connectivity index (χ4n) is 0.875. The lowest BCUT2D eigenvalue weighted by atomic mass is 10.1. The van der Waals surface area contributed by atoms with E-state index in [1.54, 1.807) is 18.5 Å². The van der Waals surface area contributed by atoms with E-state index in [9.17, 15) is 4.79 Å². The van der Waals surface area contributed by atoms with E-state index in [1.807, 2.05) is 13.8 Å². The number of carbonyl (C=O) groups excluding carboxylic acids is 1. The highest BCUT2D eigenvalue weighted by Gasteiger charge is 2.18. The third-order valence-corrected chi connectivity index (χ3v) is 1.89. The first kappa shape index (κ1) is 10.7. The lowest BCUT2D eigenvalue weighted by Gasteiger charge is -2.14. The zero-order valence-electron chi connectivity index (χ0n) is 8.38. The van der Waals surface area contributed by atoms with Crippen LogP contribution in [0.5, 0.6) is 0 Å². The van der Waals surface area contributed by atoms with Crippen molar-refractivity contribution >= 4 is 5.97 Å². The van der Waals surface area contributed by atoms with E-state index in [0.717, 1.165) is 0 Å². The van der Waals surface area contributed by atoms with Gasteiger partial charge in [0.1, 0.15) is 6.04 Å². The van der Waals surface area contributed by atoms with E-state index in [1.165, 1.54) is 4.68 Å². The minimum Gasteiger partial charge on any atom is -0.441 e. The molecule has 2 N–H and O–H groups in total. The molecule has 0 bridgehead atoms. The minimum atomic E-state index is -0.564. The molecule has 78 valence electrons. The molecule has 0 aromatic carbocycles. The second-order valence-electron chi connectivity index (χ2n) is 3.41. The maximum Gasteiger partial charge on any atom is 0.324 e. The second-order valence-corrected chi connectivity index (χ2v) is 3.41. The summed E-state index contributed by atoms with van der Waals surface area (Å²) in [4.78, 5) is 11.3. The molecule has 0 aliphatic heterocycles. The average Bonchev–Trinajstić information content (AvgIpc) is 2.65. The summed E-state index contributed by atoms with van der Waals surface area (Å²) < 4.78 is 6.46. The number of carbonyl (C=O) groups is 1. The summed E-state index contributed by atoms with van der Waals surface area (Å²) >= 11 is 0. The van der Waals surface area contributed by atoms with Gasteiger partial charge in [0.05, 0.1) is 0 Å². The van der Waals surface area contributed by atoms with Crippen LogP contribution in [0.15, 0.2) is 18.5 Å². The molecular weight excluding hydrogens is 182 g/mol. The minimum absolute atomic E-state index is 0.0834. The van der Waals surface area contributed by atoms with Crippen molar-refractivity contribution in [1.82, 2.24) is 9.78 Å². The van der Waals surface area contributed by atoms with Gasteiger partial charge in [-0.15, -0.1) is 0 Å². The molecule has 5 heteroatoms. The summed E-state index contributed by atoms with van der Waals surface area (Å²) in [6, 6.07) is 1.20. The Morgan fingerprint density at radius 1 is 1.64 bits per heavy atom.